The lowest BCUT2D eigenvalue weighted by Crippen LogP contribution is -2.19. The van der Waals surface area contributed by atoms with Gasteiger partial charge in [0.05, 0.1) is 11.3 Å². The Hall–Kier alpha value is -1.81. The van der Waals surface area contributed by atoms with Crippen molar-refractivity contribution in [1.82, 2.24) is 10.5 Å². The van der Waals surface area contributed by atoms with Crippen LogP contribution < -0.4 is 10.1 Å². The lowest BCUT2D eigenvalue weighted by Gasteiger charge is -2.14. The summed E-state index contributed by atoms with van der Waals surface area (Å²) in [5.41, 5.74) is 3.19. The summed E-state index contributed by atoms with van der Waals surface area (Å²) >= 11 is 0. The Bertz CT molecular complexity index is 541. The summed E-state index contributed by atoms with van der Waals surface area (Å²) < 4.78 is 10.9. The third kappa shape index (κ3) is 4.08. The summed E-state index contributed by atoms with van der Waals surface area (Å²) in [7, 11) is 0. The summed E-state index contributed by atoms with van der Waals surface area (Å²) in [6.45, 7) is 9.71. The molecule has 0 bridgehead atoms. The zero-order chi connectivity index (χ0) is 15.2. The molecule has 1 unspecified atom stereocenters. The largest absolute Gasteiger partial charge is 0.489 e. The van der Waals surface area contributed by atoms with Crippen LogP contribution in [0.2, 0.25) is 0 Å². The van der Waals surface area contributed by atoms with Gasteiger partial charge < -0.3 is 14.6 Å². The monoisotopic (exact) mass is 288 g/mol. The van der Waals surface area contributed by atoms with E-state index in [0.29, 0.717) is 12.6 Å². The maximum absolute atomic E-state index is 5.81. The summed E-state index contributed by atoms with van der Waals surface area (Å²) in [5.74, 6) is 1.68. The first-order valence-corrected chi connectivity index (χ1v) is 7.49. The highest BCUT2D eigenvalue weighted by molar-refractivity contribution is 5.29. The molecule has 0 spiro atoms. The molecule has 1 atom stereocenters. The van der Waals surface area contributed by atoms with E-state index in [1.165, 1.54) is 5.56 Å². The minimum atomic E-state index is 0.363. The van der Waals surface area contributed by atoms with Gasteiger partial charge in [-0.2, -0.15) is 0 Å². The van der Waals surface area contributed by atoms with Crippen molar-refractivity contribution in [2.75, 3.05) is 6.54 Å². The zero-order valence-electron chi connectivity index (χ0n) is 13.3. The normalized spacial score (nSPS) is 12.4. The third-order valence-corrected chi connectivity index (χ3v) is 3.65. The smallest absolute Gasteiger partial charge is 0.140 e. The molecule has 0 radical (unpaired) electrons. The molecule has 1 N–H and O–H groups in total. The molecule has 21 heavy (non-hydrogen) atoms. The summed E-state index contributed by atoms with van der Waals surface area (Å²) in [5, 5.41) is 7.41. The number of nitrogens with zero attached hydrogens (tertiary/aromatic N) is 1. The van der Waals surface area contributed by atoms with E-state index in [0.717, 1.165) is 35.7 Å². The number of hydrogen-bond donors (Lipinski definition) is 1. The quantitative estimate of drug-likeness (QED) is 0.838. The number of rotatable bonds is 7. The molecule has 4 heteroatoms. The number of benzene rings is 1. The lowest BCUT2D eigenvalue weighted by atomic mass is 10.1. The van der Waals surface area contributed by atoms with E-state index in [2.05, 4.69) is 36.5 Å². The maximum atomic E-state index is 5.81. The second-order valence-corrected chi connectivity index (χ2v) is 5.34. The van der Waals surface area contributed by atoms with E-state index in [4.69, 9.17) is 9.26 Å². The summed E-state index contributed by atoms with van der Waals surface area (Å²) in [6, 6.07) is 8.60. The molecule has 1 aromatic heterocycles. The summed E-state index contributed by atoms with van der Waals surface area (Å²) in [4.78, 5) is 0. The van der Waals surface area contributed by atoms with Crippen molar-refractivity contribution in [1.29, 1.82) is 0 Å². The van der Waals surface area contributed by atoms with Crippen LogP contribution in [0.15, 0.2) is 28.8 Å². The topological polar surface area (TPSA) is 47.3 Å². The molecular weight excluding hydrogens is 264 g/mol. The molecule has 0 aliphatic rings. The van der Waals surface area contributed by atoms with Gasteiger partial charge >= 0.3 is 0 Å². The van der Waals surface area contributed by atoms with E-state index < -0.39 is 0 Å². The molecule has 0 saturated heterocycles. The van der Waals surface area contributed by atoms with Gasteiger partial charge in [0, 0.05) is 6.04 Å². The molecule has 114 valence electrons. The highest BCUT2D eigenvalue weighted by atomic mass is 16.5. The fourth-order valence-corrected chi connectivity index (χ4v) is 2.19. The van der Waals surface area contributed by atoms with Crippen LogP contribution in [0, 0.1) is 13.8 Å². The van der Waals surface area contributed by atoms with Crippen LogP contribution >= 0.6 is 0 Å². The Balaban J connectivity index is 1.93. The average Bonchev–Trinajstić information content (AvgIpc) is 2.82. The fourth-order valence-electron chi connectivity index (χ4n) is 2.19. The van der Waals surface area contributed by atoms with Gasteiger partial charge in [-0.25, -0.2) is 0 Å². The van der Waals surface area contributed by atoms with Gasteiger partial charge in [-0.3, -0.25) is 0 Å². The Morgan fingerprint density at radius 2 is 1.95 bits per heavy atom. The molecule has 0 amide bonds. The number of aromatic nitrogens is 1. The van der Waals surface area contributed by atoms with Gasteiger partial charge in [0.1, 0.15) is 18.1 Å². The van der Waals surface area contributed by atoms with Crippen LogP contribution in [0.25, 0.3) is 0 Å². The van der Waals surface area contributed by atoms with Crippen LogP contribution in [0.3, 0.4) is 0 Å². The number of nitrogens with one attached hydrogen (secondary N) is 1. The van der Waals surface area contributed by atoms with Gasteiger partial charge in [-0.15, -0.1) is 0 Å². The maximum Gasteiger partial charge on any atom is 0.140 e. The van der Waals surface area contributed by atoms with Crippen molar-refractivity contribution in [3.05, 3.63) is 46.8 Å². The Labute approximate surface area is 126 Å². The predicted octanol–water partition coefficient (Wildman–Crippen LogP) is 3.93. The van der Waals surface area contributed by atoms with Crippen molar-refractivity contribution < 1.29 is 9.26 Å². The van der Waals surface area contributed by atoms with Crippen LogP contribution in [0.4, 0.5) is 0 Å². The second-order valence-electron chi connectivity index (χ2n) is 5.34. The number of ether oxygens (including phenoxy) is 1. The third-order valence-electron chi connectivity index (χ3n) is 3.65. The summed E-state index contributed by atoms with van der Waals surface area (Å²) in [6.07, 6.45) is 1.14. The average molecular weight is 288 g/mol. The van der Waals surface area contributed by atoms with E-state index in [1.54, 1.807) is 0 Å². The zero-order valence-corrected chi connectivity index (χ0v) is 13.3. The van der Waals surface area contributed by atoms with Crippen molar-refractivity contribution in [3.8, 4) is 5.75 Å². The molecule has 2 aromatic rings. The SMILES string of the molecule is CCCNC(C)c1ccc(OCc2c(C)noc2C)cc1. The molecule has 0 aliphatic heterocycles. The Kier molecular flexibility index (Phi) is 5.39. The minimum Gasteiger partial charge on any atom is -0.489 e. The van der Waals surface area contributed by atoms with E-state index >= 15 is 0 Å². The Morgan fingerprint density at radius 1 is 1.24 bits per heavy atom. The lowest BCUT2D eigenvalue weighted by molar-refractivity contribution is 0.301. The van der Waals surface area contributed by atoms with Gasteiger partial charge in [0.15, 0.2) is 0 Å². The highest BCUT2D eigenvalue weighted by Crippen LogP contribution is 2.20. The van der Waals surface area contributed by atoms with Crippen LogP contribution in [-0.2, 0) is 6.61 Å². The predicted molar refractivity (Wildman–Crippen MR) is 83.5 cm³/mol. The van der Waals surface area contributed by atoms with Gasteiger partial charge in [-0.05, 0) is 51.4 Å². The first-order chi connectivity index (χ1) is 10.1. The molecule has 0 fully saturated rings. The van der Waals surface area contributed by atoms with Gasteiger partial charge in [-0.1, -0.05) is 24.2 Å². The second kappa shape index (κ2) is 7.27. The molecule has 1 aromatic carbocycles. The van der Waals surface area contributed by atoms with Crippen molar-refractivity contribution in [3.63, 3.8) is 0 Å². The van der Waals surface area contributed by atoms with E-state index in [-0.39, 0.29) is 0 Å². The van der Waals surface area contributed by atoms with Crippen LogP contribution in [0.5, 0.6) is 5.75 Å². The van der Waals surface area contributed by atoms with E-state index in [9.17, 15) is 0 Å². The van der Waals surface area contributed by atoms with Gasteiger partial charge in [0.2, 0.25) is 0 Å². The number of aryl methyl sites for hydroxylation is 2. The fraction of sp³-hybridized carbons (Fsp3) is 0.471. The number of hydrogen-bond acceptors (Lipinski definition) is 4. The molecule has 0 aliphatic carbocycles. The van der Waals surface area contributed by atoms with Crippen molar-refractivity contribution >= 4 is 0 Å². The molecular formula is C17H24N2O2. The first-order valence-electron chi connectivity index (χ1n) is 7.49. The van der Waals surface area contributed by atoms with Crippen LogP contribution in [-0.4, -0.2) is 11.7 Å². The van der Waals surface area contributed by atoms with Crippen molar-refractivity contribution in [2.45, 2.75) is 46.8 Å². The standard InChI is InChI=1S/C17H24N2O2/c1-5-10-18-12(2)15-6-8-16(9-7-15)20-11-17-13(3)19-21-14(17)4/h6-9,12,18H,5,10-11H2,1-4H3. The Morgan fingerprint density at radius 3 is 2.52 bits per heavy atom. The van der Waals surface area contributed by atoms with E-state index in [1.807, 2.05) is 26.0 Å². The van der Waals surface area contributed by atoms with Gasteiger partial charge in [0.25, 0.3) is 0 Å². The highest BCUT2D eigenvalue weighted by Gasteiger charge is 2.10. The van der Waals surface area contributed by atoms with Crippen molar-refractivity contribution in [2.24, 2.45) is 0 Å². The molecule has 2 rings (SSSR count). The first kappa shape index (κ1) is 15.6. The van der Waals surface area contributed by atoms with Crippen LogP contribution in [0.1, 0.15) is 48.9 Å². The molecule has 0 saturated carbocycles. The minimum absolute atomic E-state index is 0.363. The molecule has 1 heterocycles. The molecule has 4 nitrogen and oxygen atoms in total.